The summed E-state index contributed by atoms with van der Waals surface area (Å²) in [4.78, 5) is 15.8. The van der Waals surface area contributed by atoms with Gasteiger partial charge in [0.2, 0.25) is 0 Å². The number of nitrogens with one attached hydrogen (secondary N) is 1. The van der Waals surface area contributed by atoms with Gasteiger partial charge in [-0.1, -0.05) is 18.6 Å². The van der Waals surface area contributed by atoms with Crippen molar-refractivity contribution >= 4 is 5.52 Å². The number of aromatic nitrogens is 5. The summed E-state index contributed by atoms with van der Waals surface area (Å²) in [6.07, 6.45) is 6.43. The molecule has 1 N–H and O–H groups in total. The fraction of sp³-hybridized carbons (Fsp3) is 0.500. The number of aryl methyl sites for hydroxylation is 1. The summed E-state index contributed by atoms with van der Waals surface area (Å²) in [5.74, 6) is 1.25. The first kappa shape index (κ1) is 26.5. The van der Waals surface area contributed by atoms with Gasteiger partial charge in [0.1, 0.15) is 12.2 Å². The molecule has 2 saturated heterocycles. The molecule has 1 aliphatic carbocycles. The molecule has 1 aromatic carbocycles. The van der Waals surface area contributed by atoms with E-state index in [0.717, 1.165) is 73.9 Å². The number of rotatable bonds is 6. The topological polar surface area (TPSA) is 72.4 Å². The van der Waals surface area contributed by atoms with Crippen molar-refractivity contribution in [1.82, 2.24) is 33.9 Å². The Balaban J connectivity index is 1.25. The van der Waals surface area contributed by atoms with Gasteiger partial charge in [0.15, 0.2) is 0 Å². The van der Waals surface area contributed by atoms with Crippen LogP contribution in [0, 0.1) is 5.92 Å². The van der Waals surface area contributed by atoms with Gasteiger partial charge in [-0.25, -0.2) is 4.79 Å². The van der Waals surface area contributed by atoms with Crippen LogP contribution in [0.1, 0.15) is 67.0 Å². The largest absolute Gasteiger partial charge is 0.418 e. The van der Waals surface area contributed by atoms with Crippen LogP contribution in [0.5, 0.6) is 0 Å². The van der Waals surface area contributed by atoms with Crippen molar-refractivity contribution in [2.45, 2.75) is 62.7 Å². The van der Waals surface area contributed by atoms with Crippen LogP contribution in [-0.2, 0) is 19.8 Å². The number of hydrogen-bond donors (Lipinski definition) is 1. The van der Waals surface area contributed by atoms with Crippen molar-refractivity contribution in [2.24, 2.45) is 13.0 Å². The molecule has 0 bridgehead atoms. The number of likely N-dealkylation sites (tertiary alicyclic amines) is 1. The molecule has 3 fully saturated rings. The van der Waals surface area contributed by atoms with Gasteiger partial charge in [-0.05, 0) is 73.9 Å². The Morgan fingerprint density at radius 3 is 2.51 bits per heavy atom. The normalized spacial score (nSPS) is 20.3. The minimum Gasteiger partial charge on any atom is -0.320 e. The number of halogens is 3. The number of nitrogens with zero attached hydrogens (tertiary/aromatic N) is 6. The fourth-order valence-electron chi connectivity index (χ4n) is 6.89. The zero-order chi connectivity index (χ0) is 28.4. The predicted octanol–water partition coefficient (Wildman–Crippen LogP) is 4.50. The van der Waals surface area contributed by atoms with E-state index in [4.69, 9.17) is 0 Å². The summed E-state index contributed by atoms with van der Waals surface area (Å²) in [5, 5.41) is 12.0. The van der Waals surface area contributed by atoms with Crippen molar-refractivity contribution in [2.75, 3.05) is 19.6 Å². The lowest BCUT2D eigenvalue weighted by molar-refractivity contribution is -0.136. The van der Waals surface area contributed by atoms with Crippen LogP contribution in [0.4, 0.5) is 13.2 Å². The van der Waals surface area contributed by atoms with Crippen molar-refractivity contribution in [3.63, 3.8) is 0 Å². The molecule has 8 nitrogen and oxygen atoms in total. The van der Waals surface area contributed by atoms with Crippen molar-refractivity contribution < 1.29 is 13.2 Å². The number of fused-ring (bicyclic) bond motifs is 1. The van der Waals surface area contributed by atoms with Gasteiger partial charge in [-0.2, -0.15) is 13.2 Å². The van der Waals surface area contributed by atoms with E-state index in [0.29, 0.717) is 23.7 Å². The molecule has 216 valence electrons. The smallest absolute Gasteiger partial charge is 0.320 e. The maximum atomic E-state index is 14.3. The van der Waals surface area contributed by atoms with Crippen LogP contribution in [-0.4, -0.2) is 53.8 Å². The molecule has 3 aliphatic rings. The molecule has 5 heterocycles. The van der Waals surface area contributed by atoms with Crippen molar-refractivity contribution in [3.05, 3.63) is 82.1 Å². The Kier molecular flexibility index (Phi) is 6.35. The first-order chi connectivity index (χ1) is 19.7. The third-order valence-electron chi connectivity index (χ3n) is 9.61. The maximum absolute atomic E-state index is 14.3. The maximum Gasteiger partial charge on any atom is 0.418 e. The fourth-order valence-corrected chi connectivity index (χ4v) is 6.89. The van der Waals surface area contributed by atoms with E-state index in [1.54, 1.807) is 18.6 Å². The summed E-state index contributed by atoms with van der Waals surface area (Å²) in [6, 6.07) is 8.75. The summed E-state index contributed by atoms with van der Waals surface area (Å²) in [5.41, 5.74) is 0.769. The third-order valence-corrected chi connectivity index (χ3v) is 9.61. The number of alkyl halides is 3. The number of imidazole rings is 1. The van der Waals surface area contributed by atoms with Gasteiger partial charge in [-0.3, -0.25) is 13.9 Å². The highest BCUT2D eigenvalue weighted by Gasteiger charge is 2.40. The Labute approximate surface area is 235 Å². The van der Waals surface area contributed by atoms with Crippen molar-refractivity contribution in [1.29, 1.82) is 0 Å². The van der Waals surface area contributed by atoms with E-state index in [-0.39, 0.29) is 17.0 Å². The van der Waals surface area contributed by atoms with Crippen LogP contribution in [0.3, 0.4) is 0 Å². The summed E-state index contributed by atoms with van der Waals surface area (Å²) < 4.78 is 47.3. The Bertz CT molecular complexity index is 1630. The molecule has 1 saturated carbocycles. The molecule has 4 aromatic rings. The molecular formula is C30H34F3N7O. The molecule has 41 heavy (non-hydrogen) atoms. The quantitative estimate of drug-likeness (QED) is 0.373. The summed E-state index contributed by atoms with van der Waals surface area (Å²) in [6.45, 7) is 3.06. The lowest BCUT2D eigenvalue weighted by atomic mass is 9.72. The van der Waals surface area contributed by atoms with E-state index < -0.39 is 17.4 Å². The molecule has 0 amide bonds. The van der Waals surface area contributed by atoms with E-state index in [1.807, 2.05) is 29.8 Å². The average molecular weight is 566 g/mol. The molecule has 0 radical (unpaired) electrons. The number of hydrogen-bond acceptors (Lipinski definition) is 5. The molecule has 11 heteroatoms. The predicted molar refractivity (Wildman–Crippen MR) is 148 cm³/mol. The van der Waals surface area contributed by atoms with Crippen LogP contribution in [0.15, 0.2) is 53.8 Å². The Hall–Kier alpha value is -3.44. The molecule has 1 atom stereocenters. The zero-order valence-corrected chi connectivity index (χ0v) is 23.1. The lowest BCUT2D eigenvalue weighted by Gasteiger charge is -2.49. The Morgan fingerprint density at radius 1 is 1.12 bits per heavy atom. The second-order valence-electron chi connectivity index (χ2n) is 12.1. The Morgan fingerprint density at radius 2 is 1.90 bits per heavy atom. The van der Waals surface area contributed by atoms with Gasteiger partial charge < -0.3 is 9.88 Å². The molecular weight excluding hydrogens is 531 g/mol. The van der Waals surface area contributed by atoms with E-state index in [1.165, 1.54) is 16.8 Å². The number of benzene rings is 1. The van der Waals surface area contributed by atoms with Crippen LogP contribution in [0.2, 0.25) is 0 Å². The first-order valence-electron chi connectivity index (χ1n) is 14.5. The zero-order valence-electron chi connectivity index (χ0n) is 23.1. The highest BCUT2D eigenvalue weighted by Crippen LogP contribution is 2.43. The number of pyridine rings is 1. The van der Waals surface area contributed by atoms with Gasteiger partial charge in [-0.15, -0.1) is 10.2 Å². The van der Waals surface area contributed by atoms with E-state index in [9.17, 15) is 18.0 Å². The van der Waals surface area contributed by atoms with Gasteiger partial charge in [0.05, 0.1) is 16.8 Å². The van der Waals surface area contributed by atoms with Crippen LogP contribution >= 0.6 is 0 Å². The van der Waals surface area contributed by atoms with Crippen LogP contribution in [0.25, 0.3) is 11.2 Å². The second kappa shape index (κ2) is 9.84. The van der Waals surface area contributed by atoms with E-state index >= 15 is 0 Å². The molecule has 0 unspecified atom stereocenters. The summed E-state index contributed by atoms with van der Waals surface area (Å²) in [7, 11) is 1.91. The van der Waals surface area contributed by atoms with Gasteiger partial charge >= 0.3 is 11.9 Å². The third kappa shape index (κ3) is 4.68. The lowest BCUT2D eigenvalue weighted by Crippen LogP contribution is -2.61. The van der Waals surface area contributed by atoms with Crippen molar-refractivity contribution in [3.8, 4) is 5.69 Å². The second-order valence-corrected chi connectivity index (χ2v) is 12.1. The SMILES string of the molecule is Cn1cnnc1[C@@H](c1cccc(-n2cc3c(C(F)(F)F)cc(CN4CCC5(CCN5)CC4)cn3c2=O)c1)C1CCC1. The summed E-state index contributed by atoms with van der Waals surface area (Å²) >= 11 is 0. The number of piperidine rings is 1. The minimum absolute atomic E-state index is 0.0000828. The minimum atomic E-state index is -4.59. The molecule has 1 spiro atoms. The highest BCUT2D eigenvalue weighted by atomic mass is 19.4. The van der Waals surface area contributed by atoms with Crippen LogP contribution < -0.4 is 11.0 Å². The van der Waals surface area contributed by atoms with Gasteiger partial charge in [0, 0.05) is 50.5 Å². The molecule has 3 aromatic heterocycles. The van der Waals surface area contributed by atoms with Gasteiger partial charge in [0.25, 0.3) is 0 Å². The average Bonchev–Trinajstić information content (AvgIpc) is 3.47. The first-order valence-corrected chi connectivity index (χ1v) is 14.5. The molecule has 7 rings (SSSR count). The standard InChI is InChI=1S/C30H34F3N7O/c1-37-19-35-36-27(37)26(21-4-2-5-21)22-6-3-7-23(15-22)39-18-25-24(30(31,32)33)14-20(17-40(25)28(39)41)16-38-12-9-29(10-13-38)8-11-34-29/h3,6-7,14-15,17-19,21,26,34H,2,4-5,8-13,16H2,1H3/t26-/m1/s1. The monoisotopic (exact) mass is 565 g/mol. The highest BCUT2D eigenvalue weighted by molar-refractivity contribution is 5.58. The van der Waals surface area contributed by atoms with E-state index in [2.05, 4.69) is 20.4 Å². The molecule has 2 aliphatic heterocycles.